The molecule has 5 heteroatoms. The van der Waals surface area contributed by atoms with E-state index in [1.54, 1.807) is 23.1 Å². The first-order valence-corrected chi connectivity index (χ1v) is 8.23. The molecule has 5 nitrogen and oxygen atoms in total. The highest BCUT2D eigenvalue weighted by Gasteiger charge is 2.27. The summed E-state index contributed by atoms with van der Waals surface area (Å²) in [5.74, 6) is 0.741. The van der Waals surface area contributed by atoms with Gasteiger partial charge in [0.05, 0.1) is 18.7 Å². The van der Waals surface area contributed by atoms with Crippen LogP contribution >= 0.6 is 0 Å². The Hall–Kier alpha value is -3.00. The summed E-state index contributed by atoms with van der Waals surface area (Å²) in [4.78, 5) is 14.7. The summed E-state index contributed by atoms with van der Waals surface area (Å²) in [6, 6.07) is 16.3. The van der Waals surface area contributed by atoms with Gasteiger partial charge < -0.3 is 14.4 Å². The molecule has 1 unspecified atom stereocenters. The zero-order chi connectivity index (χ0) is 18.2. The molecule has 0 saturated heterocycles. The Balaban J connectivity index is 2.40. The number of methoxy groups -OCH3 is 1. The van der Waals surface area contributed by atoms with Gasteiger partial charge in [-0.05, 0) is 26.0 Å². The van der Waals surface area contributed by atoms with E-state index in [0.717, 1.165) is 5.56 Å². The van der Waals surface area contributed by atoms with Crippen molar-refractivity contribution in [1.82, 2.24) is 4.90 Å². The molecule has 0 saturated carbocycles. The topological polar surface area (TPSA) is 62.6 Å². The van der Waals surface area contributed by atoms with Crippen LogP contribution in [0.15, 0.2) is 48.5 Å². The highest BCUT2D eigenvalue weighted by Crippen LogP contribution is 2.32. The van der Waals surface area contributed by atoms with Gasteiger partial charge in [0.15, 0.2) is 11.5 Å². The third-order valence-electron chi connectivity index (χ3n) is 3.94. The minimum Gasteiger partial charge on any atom is -0.493 e. The molecule has 0 N–H and O–H groups in total. The fraction of sp³-hybridized carbons (Fsp3) is 0.300. The molecular formula is C20H22N2O3. The van der Waals surface area contributed by atoms with Gasteiger partial charge in [0.1, 0.15) is 0 Å². The zero-order valence-electron chi connectivity index (χ0n) is 14.7. The minimum absolute atomic E-state index is 0.109. The highest BCUT2D eigenvalue weighted by atomic mass is 16.5. The predicted molar refractivity (Wildman–Crippen MR) is 95.4 cm³/mol. The summed E-state index contributed by atoms with van der Waals surface area (Å²) >= 11 is 0. The van der Waals surface area contributed by atoms with Crippen LogP contribution < -0.4 is 9.47 Å². The summed E-state index contributed by atoms with van der Waals surface area (Å²) in [5, 5.41) is 9.03. The van der Waals surface area contributed by atoms with E-state index in [4.69, 9.17) is 14.7 Å². The molecule has 2 rings (SSSR count). The summed E-state index contributed by atoms with van der Waals surface area (Å²) in [6.07, 6.45) is -0.775. The minimum atomic E-state index is -0.775. The molecular weight excluding hydrogens is 316 g/mol. The van der Waals surface area contributed by atoms with Gasteiger partial charge in [-0.25, -0.2) is 0 Å². The number of nitriles is 1. The van der Waals surface area contributed by atoms with E-state index in [1.807, 2.05) is 44.2 Å². The van der Waals surface area contributed by atoms with Crippen molar-refractivity contribution in [3.05, 3.63) is 59.7 Å². The molecule has 2 aromatic carbocycles. The Morgan fingerprint density at radius 3 is 2.36 bits per heavy atom. The first-order chi connectivity index (χ1) is 12.1. The average Bonchev–Trinajstić information content (AvgIpc) is 2.67. The lowest BCUT2D eigenvalue weighted by Crippen LogP contribution is -2.37. The van der Waals surface area contributed by atoms with E-state index in [1.165, 1.54) is 7.11 Å². The van der Waals surface area contributed by atoms with E-state index in [-0.39, 0.29) is 5.91 Å². The van der Waals surface area contributed by atoms with Gasteiger partial charge in [-0.2, -0.15) is 5.26 Å². The monoisotopic (exact) mass is 338 g/mol. The molecule has 0 aliphatic rings. The second-order valence-corrected chi connectivity index (χ2v) is 5.40. The molecule has 0 fully saturated rings. The quantitative estimate of drug-likeness (QED) is 0.774. The number of nitrogens with zero attached hydrogens (tertiary/aromatic N) is 2. The van der Waals surface area contributed by atoms with Gasteiger partial charge in [0.25, 0.3) is 5.91 Å². The summed E-state index contributed by atoms with van der Waals surface area (Å²) in [5.41, 5.74) is 1.24. The highest BCUT2D eigenvalue weighted by molar-refractivity contribution is 5.82. The van der Waals surface area contributed by atoms with Crippen LogP contribution in [0.4, 0.5) is 0 Å². The average molecular weight is 338 g/mol. The van der Waals surface area contributed by atoms with Crippen molar-refractivity contribution in [2.45, 2.75) is 20.0 Å². The third kappa shape index (κ3) is 4.30. The molecule has 0 bridgehead atoms. The Bertz CT molecular complexity index is 749. The number of ether oxygens (including phenoxy) is 2. The third-order valence-corrected chi connectivity index (χ3v) is 3.94. The normalized spacial score (nSPS) is 11.3. The van der Waals surface area contributed by atoms with Crippen LogP contribution in [0.2, 0.25) is 0 Å². The van der Waals surface area contributed by atoms with Crippen LogP contribution in [0, 0.1) is 11.3 Å². The smallest absolute Gasteiger partial charge is 0.268 e. The summed E-state index contributed by atoms with van der Waals surface area (Å²) < 4.78 is 11.4. The Morgan fingerprint density at radius 2 is 1.80 bits per heavy atom. The van der Waals surface area contributed by atoms with Gasteiger partial charge in [-0.1, -0.05) is 30.3 Å². The van der Waals surface area contributed by atoms with Crippen molar-refractivity contribution in [1.29, 1.82) is 5.26 Å². The summed E-state index contributed by atoms with van der Waals surface area (Å²) in [6.45, 7) is 5.08. The Kier molecular flexibility index (Phi) is 6.41. The van der Waals surface area contributed by atoms with Crippen LogP contribution in [0.3, 0.4) is 0 Å². The standard InChI is InChI=1S/C20H22N2O3/c1-4-22(5-2)20(23)19(16-9-7-6-8-10-16)25-17-12-11-15(14-21)13-18(17)24-3/h6-13,19H,4-5H2,1-3H3. The number of benzene rings is 2. The van der Waals surface area contributed by atoms with Crippen LogP contribution in [0.5, 0.6) is 11.5 Å². The first-order valence-electron chi connectivity index (χ1n) is 8.23. The van der Waals surface area contributed by atoms with Crippen molar-refractivity contribution in [3.63, 3.8) is 0 Å². The van der Waals surface area contributed by atoms with Gasteiger partial charge >= 0.3 is 0 Å². The largest absolute Gasteiger partial charge is 0.493 e. The Labute approximate surface area is 148 Å². The summed E-state index contributed by atoms with van der Waals surface area (Å²) in [7, 11) is 1.51. The van der Waals surface area contributed by atoms with Gasteiger partial charge in [-0.15, -0.1) is 0 Å². The second kappa shape index (κ2) is 8.74. The number of amides is 1. The fourth-order valence-electron chi connectivity index (χ4n) is 2.55. The number of likely N-dealkylation sites (N-methyl/N-ethyl adjacent to an activating group) is 1. The number of carbonyl (C=O) groups is 1. The van der Waals surface area contributed by atoms with E-state index in [0.29, 0.717) is 30.2 Å². The molecule has 2 aromatic rings. The molecule has 0 aliphatic carbocycles. The van der Waals surface area contributed by atoms with Crippen molar-refractivity contribution < 1.29 is 14.3 Å². The molecule has 25 heavy (non-hydrogen) atoms. The van der Waals surface area contributed by atoms with Crippen molar-refractivity contribution in [3.8, 4) is 17.6 Å². The molecule has 0 aliphatic heterocycles. The van der Waals surface area contributed by atoms with E-state index in [9.17, 15) is 4.79 Å². The van der Waals surface area contributed by atoms with E-state index < -0.39 is 6.10 Å². The lowest BCUT2D eigenvalue weighted by Gasteiger charge is -2.26. The van der Waals surface area contributed by atoms with Crippen molar-refractivity contribution >= 4 is 5.91 Å². The lowest BCUT2D eigenvalue weighted by atomic mass is 10.1. The van der Waals surface area contributed by atoms with Gasteiger partial charge in [0.2, 0.25) is 6.10 Å². The van der Waals surface area contributed by atoms with Crippen LogP contribution in [0.1, 0.15) is 31.1 Å². The predicted octanol–water partition coefficient (Wildman–Crippen LogP) is 3.56. The van der Waals surface area contributed by atoms with Gasteiger partial charge in [0, 0.05) is 24.7 Å². The molecule has 0 heterocycles. The Morgan fingerprint density at radius 1 is 1.12 bits per heavy atom. The second-order valence-electron chi connectivity index (χ2n) is 5.40. The maximum atomic E-state index is 12.9. The van der Waals surface area contributed by atoms with Crippen LogP contribution in [-0.4, -0.2) is 31.0 Å². The lowest BCUT2D eigenvalue weighted by molar-refractivity contribution is -0.138. The maximum Gasteiger partial charge on any atom is 0.268 e. The van der Waals surface area contributed by atoms with Crippen molar-refractivity contribution in [2.75, 3.05) is 20.2 Å². The SMILES string of the molecule is CCN(CC)C(=O)C(Oc1ccc(C#N)cc1OC)c1ccccc1. The molecule has 0 spiro atoms. The maximum absolute atomic E-state index is 12.9. The zero-order valence-corrected chi connectivity index (χ0v) is 14.7. The molecule has 1 amide bonds. The number of hydrogen-bond donors (Lipinski definition) is 0. The number of hydrogen-bond acceptors (Lipinski definition) is 4. The number of carbonyl (C=O) groups excluding carboxylic acids is 1. The van der Waals surface area contributed by atoms with Crippen molar-refractivity contribution in [2.24, 2.45) is 0 Å². The molecule has 0 radical (unpaired) electrons. The fourth-order valence-corrected chi connectivity index (χ4v) is 2.55. The molecule has 130 valence electrons. The van der Waals surface area contributed by atoms with Gasteiger partial charge in [-0.3, -0.25) is 4.79 Å². The first kappa shape index (κ1) is 18.3. The van der Waals surface area contributed by atoms with E-state index in [2.05, 4.69) is 6.07 Å². The molecule has 1 atom stereocenters. The van der Waals surface area contributed by atoms with E-state index >= 15 is 0 Å². The van der Waals surface area contributed by atoms with Crippen LogP contribution in [-0.2, 0) is 4.79 Å². The number of rotatable bonds is 7. The van der Waals surface area contributed by atoms with Crippen LogP contribution in [0.25, 0.3) is 0 Å². The molecule has 0 aromatic heterocycles.